The molecular weight excluding hydrogens is 393 g/mol. The summed E-state index contributed by atoms with van der Waals surface area (Å²) < 4.78 is 67.5. The number of benzene rings is 2. The average molecular weight is 414 g/mol. The van der Waals surface area contributed by atoms with Crippen LogP contribution in [-0.2, 0) is 10.0 Å². The van der Waals surface area contributed by atoms with Crippen molar-refractivity contribution in [1.82, 2.24) is 4.31 Å². The van der Waals surface area contributed by atoms with Crippen molar-refractivity contribution in [3.63, 3.8) is 0 Å². The lowest BCUT2D eigenvalue weighted by Gasteiger charge is -2.36. The summed E-state index contributed by atoms with van der Waals surface area (Å²) >= 11 is 0. The highest BCUT2D eigenvalue weighted by atomic mass is 32.2. The Bertz CT molecular complexity index is 936. The highest BCUT2D eigenvalue weighted by Gasteiger charge is 2.32. The summed E-state index contributed by atoms with van der Waals surface area (Å²) in [6.45, 7) is 5.76. The Morgan fingerprint density at radius 1 is 0.929 bits per heavy atom. The molecule has 0 amide bonds. The Balaban J connectivity index is 1.70. The van der Waals surface area contributed by atoms with Gasteiger partial charge in [-0.25, -0.2) is 8.42 Å². The van der Waals surface area contributed by atoms with E-state index in [1.165, 1.54) is 15.4 Å². The highest BCUT2D eigenvalue weighted by Crippen LogP contribution is 2.27. The number of hydrogen-bond acceptors (Lipinski definition) is 4. The van der Waals surface area contributed by atoms with E-state index in [9.17, 15) is 21.6 Å². The van der Waals surface area contributed by atoms with E-state index in [2.05, 4.69) is 9.64 Å². The molecule has 0 aliphatic carbocycles. The Labute approximate surface area is 162 Å². The van der Waals surface area contributed by atoms with Crippen molar-refractivity contribution in [2.45, 2.75) is 25.1 Å². The molecule has 28 heavy (non-hydrogen) atoms. The minimum Gasteiger partial charge on any atom is -0.406 e. The quantitative estimate of drug-likeness (QED) is 0.765. The van der Waals surface area contributed by atoms with Crippen molar-refractivity contribution in [1.29, 1.82) is 0 Å². The second-order valence-electron chi connectivity index (χ2n) is 6.63. The number of halogens is 3. The first kappa shape index (κ1) is 20.5. The Kier molecular flexibility index (Phi) is 5.58. The van der Waals surface area contributed by atoms with Crippen molar-refractivity contribution in [2.75, 3.05) is 31.1 Å². The van der Waals surface area contributed by atoms with E-state index in [1.54, 1.807) is 0 Å². The minimum absolute atomic E-state index is 0.0535. The number of ether oxygens (including phenoxy) is 1. The van der Waals surface area contributed by atoms with Crippen molar-refractivity contribution >= 4 is 15.7 Å². The number of anilines is 1. The molecule has 2 aromatic rings. The maximum absolute atomic E-state index is 12.8. The molecule has 1 saturated heterocycles. The molecule has 5 nitrogen and oxygen atoms in total. The smallest absolute Gasteiger partial charge is 0.406 e. The molecule has 0 saturated carbocycles. The van der Waals surface area contributed by atoms with Gasteiger partial charge in [-0.15, -0.1) is 13.2 Å². The van der Waals surface area contributed by atoms with Gasteiger partial charge in [-0.1, -0.05) is 12.1 Å². The van der Waals surface area contributed by atoms with Gasteiger partial charge in [0.05, 0.1) is 4.90 Å². The van der Waals surface area contributed by atoms with E-state index in [4.69, 9.17) is 0 Å². The first-order chi connectivity index (χ1) is 13.1. The third kappa shape index (κ3) is 4.41. The number of aryl methyl sites for hydroxylation is 1. The minimum atomic E-state index is -4.81. The van der Waals surface area contributed by atoms with Crippen molar-refractivity contribution < 1.29 is 26.3 Å². The molecule has 0 aromatic heterocycles. The van der Waals surface area contributed by atoms with Gasteiger partial charge in [0, 0.05) is 31.9 Å². The van der Waals surface area contributed by atoms with Crippen molar-refractivity contribution in [2.24, 2.45) is 0 Å². The molecule has 152 valence electrons. The van der Waals surface area contributed by atoms with Gasteiger partial charge >= 0.3 is 6.36 Å². The van der Waals surface area contributed by atoms with Gasteiger partial charge in [-0.2, -0.15) is 4.31 Å². The van der Waals surface area contributed by atoms with Gasteiger partial charge in [-0.05, 0) is 55.3 Å². The van der Waals surface area contributed by atoms with E-state index in [1.807, 2.05) is 32.0 Å². The van der Waals surface area contributed by atoms with Crippen LogP contribution in [0.1, 0.15) is 11.1 Å². The number of nitrogens with zero attached hydrogens (tertiary/aromatic N) is 2. The van der Waals surface area contributed by atoms with E-state index in [0.717, 1.165) is 30.0 Å². The zero-order valence-electron chi connectivity index (χ0n) is 15.5. The topological polar surface area (TPSA) is 49.9 Å². The lowest BCUT2D eigenvalue weighted by Crippen LogP contribution is -2.48. The van der Waals surface area contributed by atoms with Gasteiger partial charge < -0.3 is 9.64 Å². The molecule has 2 aromatic carbocycles. The summed E-state index contributed by atoms with van der Waals surface area (Å²) in [5.74, 6) is -0.453. The molecule has 1 fully saturated rings. The average Bonchev–Trinajstić information content (AvgIpc) is 2.63. The van der Waals surface area contributed by atoms with Crippen LogP contribution in [0.3, 0.4) is 0 Å². The van der Waals surface area contributed by atoms with Crippen LogP contribution in [-0.4, -0.2) is 45.3 Å². The maximum atomic E-state index is 12.8. The molecule has 0 bridgehead atoms. The van der Waals surface area contributed by atoms with E-state index in [-0.39, 0.29) is 4.90 Å². The summed E-state index contributed by atoms with van der Waals surface area (Å²) in [5, 5.41) is 0. The van der Waals surface area contributed by atoms with E-state index >= 15 is 0 Å². The molecule has 0 spiro atoms. The maximum Gasteiger partial charge on any atom is 0.573 e. The molecule has 1 heterocycles. The number of alkyl halides is 3. The lowest BCUT2D eigenvalue weighted by atomic mass is 10.1. The second-order valence-corrected chi connectivity index (χ2v) is 8.57. The Morgan fingerprint density at radius 3 is 2.11 bits per heavy atom. The first-order valence-corrected chi connectivity index (χ1v) is 10.2. The third-order valence-electron chi connectivity index (χ3n) is 4.85. The van der Waals surface area contributed by atoms with Gasteiger partial charge in [-0.3, -0.25) is 0 Å². The molecule has 0 atom stereocenters. The zero-order chi connectivity index (χ0) is 20.5. The summed E-state index contributed by atoms with van der Waals surface area (Å²) in [6, 6.07) is 10.3. The fraction of sp³-hybridized carbons (Fsp3) is 0.368. The molecular formula is C19H21F3N2O3S. The number of hydrogen-bond donors (Lipinski definition) is 0. The molecule has 3 rings (SSSR count). The third-order valence-corrected chi connectivity index (χ3v) is 6.76. The van der Waals surface area contributed by atoms with Gasteiger partial charge in [0.2, 0.25) is 10.0 Å². The molecule has 0 N–H and O–H groups in total. The molecule has 1 aliphatic rings. The molecule has 0 unspecified atom stereocenters. The highest BCUT2D eigenvalue weighted by molar-refractivity contribution is 7.89. The predicted molar refractivity (Wildman–Crippen MR) is 100 cm³/mol. The zero-order valence-corrected chi connectivity index (χ0v) is 16.3. The number of piperazine rings is 1. The van der Waals surface area contributed by atoms with Crippen LogP contribution in [0.4, 0.5) is 18.9 Å². The summed E-state index contributed by atoms with van der Waals surface area (Å²) in [4.78, 5) is 2.09. The lowest BCUT2D eigenvalue weighted by molar-refractivity contribution is -0.274. The van der Waals surface area contributed by atoms with Crippen LogP contribution in [0, 0.1) is 13.8 Å². The standard InChI is InChI=1S/C19H21F3N2O3S/c1-14-4-3-5-18(15(14)2)23-10-12-24(13-11-23)28(25,26)17-8-6-16(7-9-17)27-19(20,21)22/h3-9H,10-13H2,1-2H3. The normalized spacial score (nSPS) is 16.2. The van der Waals surface area contributed by atoms with Crippen LogP contribution < -0.4 is 9.64 Å². The summed E-state index contributed by atoms with van der Waals surface area (Å²) in [7, 11) is -3.78. The van der Waals surface area contributed by atoms with Gasteiger partial charge in [0.1, 0.15) is 5.75 Å². The molecule has 1 aliphatic heterocycles. The largest absolute Gasteiger partial charge is 0.573 e. The van der Waals surface area contributed by atoms with Crippen molar-refractivity contribution in [3.8, 4) is 5.75 Å². The van der Waals surface area contributed by atoms with Crippen LogP contribution >= 0.6 is 0 Å². The van der Waals surface area contributed by atoms with Gasteiger partial charge in [0.25, 0.3) is 0 Å². The summed E-state index contributed by atoms with van der Waals surface area (Å²) in [6.07, 6.45) is -4.81. The number of sulfonamides is 1. The SMILES string of the molecule is Cc1cccc(N2CCN(S(=O)(=O)c3ccc(OC(F)(F)F)cc3)CC2)c1C. The van der Waals surface area contributed by atoms with Crippen LogP contribution in [0.15, 0.2) is 47.4 Å². The number of rotatable bonds is 4. The molecule has 0 radical (unpaired) electrons. The van der Waals surface area contributed by atoms with Crippen LogP contribution in [0.5, 0.6) is 5.75 Å². The van der Waals surface area contributed by atoms with Crippen LogP contribution in [0.25, 0.3) is 0 Å². The Hall–Kier alpha value is -2.26. The first-order valence-electron chi connectivity index (χ1n) is 8.75. The van der Waals surface area contributed by atoms with E-state index in [0.29, 0.717) is 26.2 Å². The molecule has 9 heteroatoms. The van der Waals surface area contributed by atoms with Gasteiger partial charge in [0.15, 0.2) is 0 Å². The Morgan fingerprint density at radius 2 is 1.54 bits per heavy atom. The van der Waals surface area contributed by atoms with Crippen molar-refractivity contribution in [3.05, 3.63) is 53.6 Å². The summed E-state index contributed by atoms with van der Waals surface area (Å²) in [5.41, 5.74) is 3.43. The monoisotopic (exact) mass is 414 g/mol. The van der Waals surface area contributed by atoms with Crippen LogP contribution in [0.2, 0.25) is 0 Å². The second kappa shape index (κ2) is 7.63. The fourth-order valence-electron chi connectivity index (χ4n) is 3.21. The fourth-order valence-corrected chi connectivity index (χ4v) is 4.63. The van der Waals surface area contributed by atoms with E-state index < -0.39 is 22.1 Å². The predicted octanol–water partition coefficient (Wildman–Crippen LogP) is 3.71.